The van der Waals surface area contributed by atoms with E-state index in [1.807, 2.05) is 10.6 Å². The van der Waals surface area contributed by atoms with Crippen molar-refractivity contribution in [3.05, 3.63) is 48.2 Å². The summed E-state index contributed by atoms with van der Waals surface area (Å²) in [5.74, 6) is 1.46. The number of carbonyl (C=O) groups is 1. The SMILES string of the molecule is CCCn1c(CCC(=O)N(C)Cc2ccco2)nc2cc(S(N)(=O)=O)ccc21. The molecule has 150 valence electrons. The number of aromatic nitrogens is 2. The first-order chi connectivity index (χ1) is 13.3. The standard InChI is InChI=1S/C19H24N4O4S/c1-3-10-23-17-7-6-15(28(20,25)26)12-16(17)21-18(23)8-9-19(24)22(2)13-14-5-4-11-27-14/h4-7,11-12H,3,8-10,13H2,1-2H3,(H2,20,25,26). The fraction of sp³-hybridized carbons (Fsp3) is 0.368. The molecule has 0 fully saturated rings. The quantitative estimate of drug-likeness (QED) is 0.619. The number of hydrogen-bond acceptors (Lipinski definition) is 5. The molecule has 0 bridgehead atoms. The summed E-state index contributed by atoms with van der Waals surface area (Å²) in [5.41, 5.74) is 1.40. The van der Waals surface area contributed by atoms with E-state index in [9.17, 15) is 13.2 Å². The van der Waals surface area contributed by atoms with Crippen LogP contribution in [-0.2, 0) is 34.3 Å². The minimum absolute atomic E-state index is 0.0169. The van der Waals surface area contributed by atoms with Crippen molar-refractivity contribution in [3.8, 4) is 0 Å². The fourth-order valence-corrected chi connectivity index (χ4v) is 3.67. The topological polar surface area (TPSA) is 111 Å². The van der Waals surface area contributed by atoms with Crippen molar-refractivity contribution in [3.63, 3.8) is 0 Å². The van der Waals surface area contributed by atoms with Gasteiger partial charge in [0.05, 0.1) is 28.7 Å². The molecule has 0 spiro atoms. The summed E-state index contributed by atoms with van der Waals surface area (Å²) >= 11 is 0. The second-order valence-electron chi connectivity index (χ2n) is 6.70. The Morgan fingerprint density at radius 2 is 2.11 bits per heavy atom. The highest BCUT2D eigenvalue weighted by molar-refractivity contribution is 7.89. The molecule has 1 aromatic carbocycles. The number of furan rings is 1. The first kappa shape index (κ1) is 20.1. The third kappa shape index (κ3) is 4.42. The smallest absolute Gasteiger partial charge is 0.238 e. The lowest BCUT2D eigenvalue weighted by atomic mass is 10.2. The Labute approximate surface area is 164 Å². The van der Waals surface area contributed by atoms with Crippen LogP contribution >= 0.6 is 0 Å². The second kappa shape index (κ2) is 8.15. The minimum atomic E-state index is -3.79. The largest absolute Gasteiger partial charge is 0.467 e. The first-order valence-corrected chi connectivity index (χ1v) is 10.6. The number of nitrogens with two attached hydrogens (primary N) is 1. The Morgan fingerprint density at radius 1 is 1.32 bits per heavy atom. The third-order valence-electron chi connectivity index (χ3n) is 4.54. The lowest BCUT2D eigenvalue weighted by Crippen LogP contribution is -2.26. The molecule has 1 amide bonds. The van der Waals surface area contributed by atoms with Crippen molar-refractivity contribution >= 4 is 27.0 Å². The number of sulfonamides is 1. The van der Waals surface area contributed by atoms with Gasteiger partial charge < -0.3 is 13.9 Å². The number of primary sulfonamides is 1. The van der Waals surface area contributed by atoms with Gasteiger partial charge in [-0.3, -0.25) is 4.79 Å². The molecule has 2 heterocycles. The van der Waals surface area contributed by atoms with Crippen LogP contribution in [0.15, 0.2) is 45.9 Å². The molecule has 0 aliphatic carbocycles. The number of hydrogen-bond donors (Lipinski definition) is 1. The number of imidazole rings is 1. The number of amides is 1. The van der Waals surface area contributed by atoms with Gasteiger partial charge in [0, 0.05) is 26.4 Å². The van der Waals surface area contributed by atoms with Crippen LogP contribution in [0.25, 0.3) is 11.0 Å². The molecule has 0 aliphatic rings. The van der Waals surface area contributed by atoms with E-state index in [1.54, 1.807) is 30.3 Å². The fourth-order valence-electron chi connectivity index (χ4n) is 3.13. The zero-order valence-corrected chi connectivity index (χ0v) is 16.8. The highest BCUT2D eigenvalue weighted by atomic mass is 32.2. The Kier molecular flexibility index (Phi) is 5.85. The predicted octanol–water partition coefficient (Wildman–Crippen LogP) is 2.28. The van der Waals surface area contributed by atoms with Gasteiger partial charge in [-0.15, -0.1) is 0 Å². The molecule has 2 aromatic heterocycles. The summed E-state index contributed by atoms with van der Waals surface area (Å²) in [5, 5.41) is 5.22. The molecule has 9 heteroatoms. The molecule has 2 N–H and O–H groups in total. The van der Waals surface area contributed by atoms with Crippen molar-refractivity contribution in [2.75, 3.05) is 7.05 Å². The molecule has 3 aromatic rings. The summed E-state index contributed by atoms with van der Waals surface area (Å²) in [4.78, 5) is 18.7. The molecule has 0 atom stereocenters. The number of nitrogens with zero attached hydrogens (tertiary/aromatic N) is 3. The van der Waals surface area contributed by atoms with Crippen molar-refractivity contribution in [1.29, 1.82) is 0 Å². The van der Waals surface area contributed by atoms with E-state index >= 15 is 0 Å². The van der Waals surface area contributed by atoms with Crippen LogP contribution in [0.5, 0.6) is 0 Å². The van der Waals surface area contributed by atoms with Crippen LogP contribution in [0.3, 0.4) is 0 Å². The van der Waals surface area contributed by atoms with Crippen molar-refractivity contribution < 1.29 is 17.6 Å². The molecule has 0 saturated carbocycles. The summed E-state index contributed by atoms with van der Waals surface area (Å²) in [6.45, 7) is 3.20. The van der Waals surface area contributed by atoms with Gasteiger partial charge in [0.15, 0.2) is 0 Å². The molecule has 8 nitrogen and oxygen atoms in total. The molecular formula is C19H24N4O4S. The molecule has 0 saturated heterocycles. The minimum Gasteiger partial charge on any atom is -0.467 e. The highest BCUT2D eigenvalue weighted by Crippen LogP contribution is 2.21. The van der Waals surface area contributed by atoms with Crippen LogP contribution in [0, 0.1) is 0 Å². The van der Waals surface area contributed by atoms with Crippen LogP contribution < -0.4 is 5.14 Å². The van der Waals surface area contributed by atoms with Gasteiger partial charge in [-0.1, -0.05) is 6.92 Å². The van der Waals surface area contributed by atoms with Crippen molar-refractivity contribution in [2.45, 2.75) is 44.2 Å². The highest BCUT2D eigenvalue weighted by Gasteiger charge is 2.17. The van der Waals surface area contributed by atoms with Crippen LogP contribution in [0.2, 0.25) is 0 Å². The van der Waals surface area contributed by atoms with Crippen LogP contribution in [0.4, 0.5) is 0 Å². The summed E-state index contributed by atoms with van der Waals surface area (Å²) < 4.78 is 30.5. The van der Waals surface area contributed by atoms with Gasteiger partial charge in [0.2, 0.25) is 15.9 Å². The molecule has 0 unspecified atom stereocenters. The van der Waals surface area contributed by atoms with Crippen molar-refractivity contribution in [1.82, 2.24) is 14.5 Å². The number of carbonyl (C=O) groups excluding carboxylic acids is 1. The first-order valence-electron chi connectivity index (χ1n) is 9.08. The van der Waals surface area contributed by atoms with Gasteiger partial charge in [0.1, 0.15) is 11.6 Å². The maximum Gasteiger partial charge on any atom is 0.238 e. The summed E-state index contributed by atoms with van der Waals surface area (Å²) in [6.07, 6.45) is 3.23. The lowest BCUT2D eigenvalue weighted by molar-refractivity contribution is -0.130. The third-order valence-corrected chi connectivity index (χ3v) is 5.45. The van der Waals surface area contributed by atoms with Gasteiger partial charge in [-0.05, 0) is 36.8 Å². The van der Waals surface area contributed by atoms with Crippen molar-refractivity contribution in [2.24, 2.45) is 5.14 Å². The Bertz CT molecular complexity index is 1070. The zero-order chi connectivity index (χ0) is 20.3. The Hall–Kier alpha value is -2.65. The maximum absolute atomic E-state index is 12.5. The average molecular weight is 404 g/mol. The van der Waals surface area contributed by atoms with E-state index in [1.165, 1.54) is 12.1 Å². The monoisotopic (exact) mass is 404 g/mol. The molecule has 0 aliphatic heterocycles. The summed E-state index contributed by atoms with van der Waals surface area (Å²) in [6, 6.07) is 8.29. The number of rotatable bonds is 8. The number of fused-ring (bicyclic) bond motifs is 1. The van der Waals surface area contributed by atoms with Gasteiger partial charge >= 0.3 is 0 Å². The van der Waals surface area contributed by atoms with E-state index in [0.29, 0.717) is 24.9 Å². The molecule has 3 rings (SSSR count). The molecule has 28 heavy (non-hydrogen) atoms. The zero-order valence-electron chi connectivity index (χ0n) is 16.0. The predicted molar refractivity (Wildman–Crippen MR) is 105 cm³/mol. The van der Waals surface area contributed by atoms with E-state index < -0.39 is 10.0 Å². The van der Waals surface area contributed by atoms with Crippen LogP contribution in [-0.4, -0.2) is 35.8 Å². The summed E-state index contributed by atoms with van der Waals surface area (Å²) in [7, 11) is -2.06. The normalized spacial score (nSPS) is 11.8. The number of aryl methyl sites for hydroxylation is 2. The molecule has 0 radical (unpaired) electrons. The lowest BCUT2D eigenvalue weighted by Gasteiger charge is -2.16. The molecular weight excluding hydrogens is 380 g/mol. The van der Waals surface area contributed by atoms with E-state index in [-0.39, 0.29) is 10.8 Å². The van der Waals surface area contributed by atoms with Crippen LogP contribution in [0.1, 0.15) is 31.4 Å². The van der Waals surface area contributed by atoms with Gasteiger partial charge in [-0.25, -0.2) is 18.5 Å². The van der Waals surface area contributed by atoms with E-state index in [0.717, 1.165) is 30.1 Å². The second-order valence-corrected chi connectivity index (χ2v) is 8.27. The maximum atomic E-state index is 12.5. The van der Waals surface area contributed by atoms with E-state index in [2.05, 4.69) is 11.9 Å². The Morgan fingerprint density at radius 3 is 2.75 bits per heavy atom. The Balaban J connectivity index is 1.79. The average Bonchev–Trinajstić information content (AvgIpc) is 3.26. The van der Waals surface area contributed by atoms with Gasteiger partial charge in [-0.2, -0.15) is 0 Å². The van der Waals surface area contributed by atoms with E-state index in [4.69, 9.17) is 9.56 Å². The van der Waals surface area contributed by atoms with Gasteiger partial charge in [0.25, 0.3) is 0 Å². The number of benzene rings is 1.